The van der Waals surface area contributed by atoms with E-state index < -0.39 is 0 Å². The zero-order valence-corrected chi connectivity index (χ0v) is 17.5. The van der Waals surface area contributed by atoms with Gasteiger partial charge in [0.1, 0.15) is 5.82 Å². The molecule has 0 spiro atoms. The molecule has 3 fully saturated rings. The second-order valence-electron chi connectivity index (χ2n) is 8.94. The third kappa shape index (κ3) is 2.72. The smallest absolute Gasteiger partial charge is 0.235 e. The Morgan fingerprint density at radius 3 is 2.56 bits per heavy atom. The van der Waals surface area contributed by atoms with Crippen LogP contribution in [0.4, 0.5) is 11.8 Å². The van der Waals surface area contributed by atoms with Gasteiger partial charge >= 0.3 is 0 Å². The molecule has 8 heteroatoms. The zero-order chi connectivity index (χ0) is 22.0. The minimum absolute atomic E-state index is 0.0418. The minimum Gasteiger partial charge on any atom is -0.383 e. The molecule has 0 bridgehead atoms. The fraction of sp³-hybridized carbons (Fsp3) is 0.333. The maximum atomic E-state index is 13.6. The SMILES string of the molecule is Nc1nc(N)c2ccc(C3C4C(=O)N(Cc5ccccc5)C(=O)C4C4CCCN43)cc2n1. The Hall–Kier alpha value is -3.52. The molecule has 2 aromatic carbocycles. The third-order valence-corrected chi connectivity index (χ3v) is 7.24. The summed E-state index contributed by atoms with van der Waals surface area (Å²) in [7, 11) is 0. The summed E-state index contributed by atoms with van der Waals surface area (Å²) >= 11 is 0. The Labute approximate surface area is 185 Å². The number of imide groups is 1. The first-order valence-electron chi connectivity index (χ1n) is 11.0. The maximum absolute atomic E-state index is 13.6. The number of likely N-dealkylation sites (tertiary alicyclic amines) is 1. The van der Waals surface area contributed by atoms with E-state index in [1.165, 1.54) is 4.90 Å². The molecule has 3 saturated heterocycles. The third-order valence-electron chi connectivity index (χ3n) is 7.24. The van der Waals surface area contributed by atoms with Crippen LogP contribution in [0.3, 0.4) is 0 Å². The summed E-state index contributed by atoms with van der Waals surface area (Å²) in [5, 5.41) is 0.731. The van der Waals surface area contributed by atoms with Gasteiger partial charge < -0.3 is 11.5 Å². The molecule has 3 aliphatic heterocycles. The van der Waals surface area contributed by atoms with Gasteiger partial charge in [-0.2, -0.15) is 4.98 Å². The van der Waals surface area contributed by atoms with Gasteiger partial charge in [-0.15, -0.1) is 0 Å². The molecule has 4 atom stereocenters. The Balaban J connectivity index is 1.41. The largest absolute Gasteiger partial charge is 0.383 e. The number of hydrogen-bond donors (Lipinski definition) is 2. The van der Waals surface area contributed by atoms with Gasteiger partial charge in [0.25, 0.3) is 0 Å². The summed E-state index contributed by atoms with van der Waals surface area (Å²) in [6.07, 6.45) is 1.96. The highest BCUT2D eigenvalue weighted by atomic mass is 16.2. The molecule has 3 aromatic rings. The average Bonchev–Trinajstić information content (AvgIpc) is 3.42. The Kier molecular flexibility index (Phi) is 4.19. The second kappa shape index (κ2) is 7.00. The Morgan fingerprint density at radius 1 is 0.969 bits per heavy atom. The van der Waals surface area contributed by atoms with Crippen molar-refractivity contribution in [1.29, 1.82) is 0 Å². The van der Waals surface area contributed by atoms with Crippen LogP contribution >= 0.6 is 0 Å². The predicted octanol–water partition coefficient (Wildman–Crippen LogP) is 2.11. The molecule has 0 radical (unpaired) electrons. The van der Waals surface area contributed by atoms with Crippen LogP contribution in [0.25, 0.3) is 10.9 Å². The van der Waals surface area contributed by atoms with Gasteiger partial charge in [0.15, 0.2) is 0 Å². The number of amides is 2. The lowest BCUT2D eigenvalue weighted by Crippen LogP contribution is -2.38. The van der Waals surface area contributed by atoms with Crippen LogP contribution in [0.5, 0.6) is 0 Å². The van der Waals surface area contributed by atoms with Crippen molar-refractivity contribution in [3.05, 3.63) is 59.7 Å². The van der Waals surface area contributed by atoms with E-state index in [9.17, 15) is 9.59 Å². The topological polar surface area (TPSA) is 118 Å². The van der Waals surface area contributed by atoms with Crippen molar-refractivity contribution in [2.75, 3.05) is 18.0 Å². The number of hydrogen-bond acceptors (Lipinski definition) is 7. The van der Waals surface area contributed by atoms with Crippen LogP contribution < -0.4 is 11.5 Å². The van der Waals surface area contributed by atoms with Gasteiger partial charge in [-0.25, -0.2) is 4.98 Å². The number of anilines is 2. The van der Waals surface area contributed by atoms with Crippen LogP contribution in [0, 0.1) is 11.8 Å². The maximum Gasteiger partial charge on any atom is 0.235 e. The average molecular weight is 428 g/mol. The molecule has 6 rings (SSSR count). The predicted molar refractivity (Wildman–Crippen MR) is 120 cm³/mol. The van der Waals surface area contributed by atoms with Gasteiger partial charge in [-0.3, -0.25) is 19.4 Å². The lowest BCUT2D eigenvalue weighted by Gasteiger charge is -2.29. The summed E-state index contributed by atoms with van der Waals surface area (Å²) in [6, 6.07) is 15.4. The van der Waals surface area contributed by atoms with Crippen molar-refractivity contribution in [2.24, 2.45) is 11.8 Å². The van der Waals surface area contributed by atoms with Crippen LogP contribution in [0.1, 0.15) is 30.0 Å². The normalized spacial score (nSPS) is 27.3. The van der Waals surface area contributed by atoms with Gasteiger partial charge in [0.05, 0.1) is 23.9 Å². The monoisotopic (exact) mass is 428 g/mol. The van der Waals surface area contributed by atoms with E-state index in [1.54, 1.807) is 0 Å². The quantitative estimate of drug-likeness (QED) is 0.613. The summed E-state index contributed by atoms with van der Waals surface area (Å²) in [6.45, 7) is 1.20. The number of nitrogens with zero attached hydrogens (tertiary/aromatic N) is 4. The summed E-state index contributed by atoms with van der Waals surface area (Å²) in [4.78, 5) is 39.2. The lowest BCUT2D eigenvalue weighted by atomic mass is 9.85. The fourth-order valence-corrected chi connectivity index (χ4v) is 5.96. The molecule has 2 amide bonds. The number of carbonyl (C=O) groups is 2. The molecule has 32 heavy (non-hydrogen) atoms. The van der Waals surface area contributed by atoms with Gasteiger partial charge in [-0.1, -0.05) is 36.4 Å². The first-order valence-corrected chi connectivity index (χ1v) is 11.0. The van der Waals surface area contributed by atoms with Crippen LogP contribution in [-0.4, -0.2) is 44.2 Å². The molecule has 4 unspecified atom stereocenters. The summed E-state index contributed by atoms with van der Waals surface area (Å²) in [5.41, 5.74) is 14.4. The second-order valence-corrected chi connectivity index (χ2v) is 8.94. The molecule has 1 aromatic heterocycles. The number of carbonyl (C=O) groups excluding carboxylic acids is 2. The van der Waals surface area contributed by atoms with E-state index >= 15 is 0 Å². The Morgan fingerprint density at radius 2 is 1.75 bits per heavy atom. The molecular formula is C24H24N6O2. The van der Waals surface area contributed by atoms with Crippen molar-refractivity contribution in [1.82, 2.24) is 19.8 Å². The zero-order valence-electron chi connectivity index (χ0n) is 17.5. The molecule has 0 aliphatic carbocycles. The lowest BCUT2D eigenvalue weighted by molar-refractivity contribution is -0.142. The number of nitrogen functional groups attached to an aromatic ring is 2. The van der Waals surface area contributed by atoms with Crippen molar-refractivity contribution in [2.45, 2.75) is 31.5 Å². The van der Waals surface area contributed by atoms with Gasteiger partial charge in [0, 0.05) is 17.5 Å². The minimum atomic E-state index is -0.384. The standard InChI is InChI=1S/C24H24N6O2/c25-21-15-9-8-14(11-16(15)27-24(26)28-21)20-19-18(17-7-4-10-29(17)20)22(31)30(23(19)32)12-13-5-2-1-3-6-13/h1-3,5-6,8-9,11,17-20H,4,7,10,12H2,(H4,25,26,27,28). The van der Waals surface area contributed by atoms with Gasteiger partial charge in [-0.05, 0) is 42.6 Å². The van der Waals surface area contributed by atoms with E-state index in [0.717, 1.165) is 35.9 Å². The van der Waals surface area contributed by atoms with E-state index in [2.05, 4.69) is 14.9 Å². The highest BCUT2D eigenvalue weighted by Crippen LogP contribution is 2.53. The van der Waals surface area contributed by atoms with E-state index in [0.29, 0.717) is 17.9 Å². The number of rotatable bonds is 3. The number of nitrogens with two attached hydrogens (primary N) is 2. The van der Waals surface area contributed by atoms with Crippen molar-refractivity contribution in [3.63, 3.8) is 0 Å². The molecule has 4 heterocycles. The van der Waals surface area contributed by atoms with Gasteiger partial charge in [0.2, 0.25) is 17.8 Å². The fourth-order valence-electron chi connectivity index (χ4n) is 5.96. The van der Waals surface area contributed by atoms with Crippen LogP contribution in [0.2, 0.25) is 0 Å². The first-order chi connectivity index (χ1) is 15.5. The van der Waals surface area contributed by atoms with E-state index in [1.807, 2.05) is 48.5 Å². The summed E-state index contributed by atoms with van der Waals surface area (Å²) in [5.74, 6) is -0.342. The van der Waals surface area contributed by atoms with Crippen molar-refractivity contribution < 1.29 is 9.59 Å². The van der Waals surface area contributed by atoms with Crippen LogP contribution in [0.15, 0.2) is 48.5 Å². The first kappa shape index (κ1) is 19.2. The van der Waals surface area contributed by atoms with Crippen LogP contribution in [-0.2, 0) is 16.1 Å². The highest BCUT2D eigenvalue weighted by Gasteiger charge is 2.62. The van der Waals surface area contributed by atoms with E-state index in [-0.39, 0.29) is 41.7 Å². The number of aromatic nitrogens is 2. The van der Waals surface area contributed by atoms with Crippen molar-refractivity contribution in [3.8, 4) is 0 Å². The molecule has 8 nitrogen and oxygen atoms in total. The molecule has 4 N–H and O–H groups in total. The molecule has 3 aliphatic rings. The summed E-state index contributed by atoms with van der Waals surface area (Å²) < 4.78 is 0. The molecule has 162 valence electrons. The van der Waals surface area contributed by atoms with Crippen molar-refractivity contribution >= 4 is 34.5 Å². The van der Waals surface area contributed by atoms with E-state index in [4.69, 9.17) is 11.5 Å². The highest BCUT2D eigenvalue weighted by molar-refractivity contribution is 6.06. The number of benzene rings is 2. The molecular weight excluding hydrogens is 404 g/mol. The number of fused-ring (bicyclic) bond motifs is 4. The Bertz CT molecular complexity index is 1250. The molecule has 0 saturated carbocycles.